The first-order valence-corrected chi connectivity index (χ1v) is 8.15. The zero-order chi connectivity index (χ0) is 15.2. The molecule has 118 valence electrons. The molecule has 1 aliphatic heterocycles. The van der Waals surface area contributed by atoms with Crippen molar-refractivity contribution < 1.29 is 9.90 Å². The number of carbonyl (C=O) groups excluding carboxylic acids is 1. The molecule has 3 fully saturated rings. The average molecular weight is 293 g/mol. The van der Waals surface area contributed by atoms with Gasteiger partial charge in [0.15, 0.2) is 0 Å². The van der Waals surface area contributed by atoms with Crippen LogP contribution in [0.5, 0.6) is 0 Å². The fraction of sp³-hybridized carbons (Fsp3) is 0.875. The molecule has 5 nitrogen and oxygen atoms in total. The molecule has 21 heavy (non-hydrogen) atoms. The number of aliphatic hydroxyl groups excluding tert-OH is 1. The summed E-state index contributed by atoms with van der Waals surface area (Å²) in [6, 6.07) is 2.58. The van der Waals surface area contributed by atoms with Crippen molar-refractivity contribution in [3.63, 3.8) is 0 Å². The van der Waals surface area contributed by atoms with E-state index < -0.39 is 0 Å². The molecule has 1 heterocycles. The van der Waals surface area contributed by atoms with E-state index >= 15 is 0 Å². The van der Waals surface area contributed by atoms with Crippen LogP contribution in [0.4, 0.5) is 0 Å². The lowest BCUT2D eigenvalue weighted by molar-refractivity contribution is -0.130. The third kappa shape index (κ3) is 3.75. The van der Waals surface area contributed by atoms with Gasteiger partial charge >= 0.3 is 0 Å². The van der Waals surface area contributed by atoms with Gasteiger partial charge in [-0.25, -0.2) is 0 Å². The highest BCUT2D eigenvalue weighted by molar-refractivity contribution is 5.79. The second kappa shape index (κ2) is 7.77. The van der Waals surface area contributed by atoms with Gasteiger partial charge < -0.3 is 15.3 Å². The molecule has 3 aliphatic rings. The summed E-state index contributed by atoms with van der Waals surface area (Å²) in [5.41, 5.74) is 0. The van der Waals surface area contributed by atoms with Gasteiger partial charge in [-0.1, -0.05) is 19.3 Å². The molecular formula is C16H27N3O2. The van der Waals surface area contributed by atoms with Crippen LogP contribution >= 0.6 is 0 Å². The number of aliphatic hydroxyl groups is 1. The number of amides is 1. The van der Waals surface area contributed by atoms with Crippen LogP contribution in [-0.2, 0) is 4.79 Å². The summed E-state index contributed by atoms with van der Waals surface area (Å²) in [5.74, 6) is 1.93. The molecule has 0 spiro atoms. The minimum absolute atomic E-state index is 0.112. The molecule has 3 rings (SSSR count). The second-order valence-corrected chi connectivity index (χ2v) is 6.37. The lowest BCUT2D eigenvalue weighted by Gasteiger charge is -2.21. The van der Waals surface area contributed by atoms with E-state index in [4.69, 9.17) is 10.4 Å². The van der Waals surface area contributed by atoms with Crippen molar-refractivity contribution in [3.8, 4) is 6.07 Å². The highest BCUT2D eigenvalue weighted by Gasteiger charge is 2.37. The summed E-state index contributed by atoms with van der Waals surface area (Å²) in [7, 11) is 1.00. The van der Waals surface area contributed by atoms with Gasteiger partial charge in [0.1, 0.15) is 6.04 Å². The Morgan fingerprint density at radius 1 is 1.24 bits per heavy atom. The number of nitriles is 1. The smallest absolute Gasteiger partial charge is 0.237 e. The fourth-order valence-electron chi connectivity index (χ4n) is 4.26. The van der Waals surface area contributed by atoms with Gasteiger partial charge in [0.2, 0.25) is 5.91 Å². The molecule has 1 saturated heterocycles. The lowest BCUT2D eigenvalue weighted by atomic mass is 10.0. The van der Waals surface area contributed by atoms with Crippen LogP contribution in [0.25, 0.3) is 0 Å². The molecule has 2 aliphatic carbocycles. The van der Waals surface area contributed by atoms with Crippen molar-refractivity contribution in [2.24, 2.45) is 11.8 Å². The Morgan fingerprint density at radius 2 is 1.90 bits per heavy atom. The molecule has 0 aromatic heterocycles. The van der Waals surface area contributed by atoms with Gasteiger partial charge in [-0.15, -0.1) is 0 Å². The normalized spacial score (nSPS) is 34.0. The highest BCUT2D eigenvalue weighted by atomic mass is 16.2. The first-order valence-electron chi connectivity index (χ1n) is 8.15. The SMILES string of the molecule is CO.N#CC1CCCN1C(=O)CNC1C[C@H]2CCC[C@H]2C1. The van der Waals surface area contributed by atoms with E-state index in [0.717, 1.165) is 38.3 Å². The van der Waals surface area contributed by atoms with E-state index in [0.29, 0.717) is 12.6 Å². The van der Waals surface area contributed by atoms with Gasteiger partial charge in [-0.2, -0.15) is 5.26 Å². The largest absolute Gasteiger partial charge is 0.400 e. The van der Waals surface area contributed by atoms with E-state index in [1.807, 2.05) is 0 Å². The predicted octanol–water partition coefficient (Wildman–Crippen LogP) is 1.28. The topological polar surface area (TPSA) is 76.4 Å². The second-order valence-electron chi connectivity index (χ2n) is 6.37. The number of likely N-dealkylation sites (tertiary alicyclic amines) is 1. The highest BCUT2D eigenvalue weighted by Crippen LogP contribution is 2.43. The Bertz CT molecular complexity index is 381. The van der Waals surface area contributed by atoms with Crippen molar-refractivity contribution in [1.82, 2.24) is 10.2 Å². The van der Waals surface area contributed by atoms with Crippen LogP contribution in [-0.4, -0.2) is 48.2 Å². The molecule has 4 atom stereocenters. The Labute approximate surface area is 127 Å². The molecule has 2 unspecified atom stereocenters. The Kier molecular flexibility index (Phi) is 6.01. The van der Waals surface area contributed by atoms with Crippen LogP contribution in [0.3, 0.4) is 0 Å². The average Bonchev–Trinajstić information content (AvgIpc) is 3.21. The number of hydrogen-bond donors (Lipinski definition) is 2. The number of carbonyl (C=O) groups is 1. The molecule has 0 aromatic carbocycles. The van der Waals surface area contributed by atoms with Crippen molar-refractivity contribution in [3.05, 3.63) is 0 Å². The van der Waals surface area contributed by atoms with Gasteiger partial charge in [0.05, 0.1) is 12.6 Å². The van der Waals surface area contributed by atoms with Crippen molar-refractivity contribution in [1.29, 1.82) is 5.26 Å². The molecule has 2 N–H and O–H groups in total. The van der Waals surface area contributed by atoms with Crippen molar-refractivity contribution in [2.45, 2.75) is 57.0 Å². The van der Waals surface area contributed by atoms with E-state index in [1.54, 1.807) is 4.90 Å². The Balaban J connectivity index is 0.000000774. The molecule has 5 heteroatoms. The maximum atomic E-state index is 12.1. The third-order valence-corrected chi connectivity index (χ3v) is 5.26. The summed E-state index contributed by atoms with van der Waals surface area (Å²) in [4.78, 5) is 13.9. The molecule has 1 amide bonds. The number of rotatable bonds is 3. The van der Waals surface area contributed by atoms with Crippen LogP contribution in [0.2, 0.25) is 0 Å². The maximum absolute atomic E-state index is 12.1. The summed E-state index contributed by atoms with van der Waals surface area (Å²) in [5, 5.41) is 19.4. The molecular weight excluding hydrogens is 266 g/mol. The number of fused-ring (bicyclic) bond motifs is 1. The summed E-state index contributed by atoms with van der Waals surface area (Å²) in [6.07, 6.45) is 8.49. The minimum atomic E-state index is -0.183. The van der Waals surface area contributed by atoms with Gasteiger partial charge in [-0.3, -0.25) is 4.79 Å². The van der Waals surface area contributed by atoms with Crippen LogP contribution < -0.4 is 5.32 Å². The van der Waals surface area contributed by atoms with E-state index in [9.17, 15) is 4.79 Å². The monoisotopic (exact) mass is 293 g/mol. The van der Waals surface area contributed by atoms with E-state index in [2.05, 4.69) is 11.4 Å². The number of hydrogen-bond acceptors (Lipinski definition) is 4. The molecule has 0 radical (unpaired) electrons. The summed E-state index contributed by atoms with van der Waals surface area (Å²) < 4.78 is 0. The summed E-state index contributed by atoms with van der Waals surface area (Å²) in [6.45, 7) is 1.18. The Morgan fingerprint density at radius 3 is 2.52 bits per heavy atom. The fourth-order valence-corrected chi connectivity index (χ4v) is 4.26. The van der Waals surface area contributed by atoms with E-state index in [-0.39, 0.29) is 11.9 Å². The first-order chi connectivity index (χ1) is 10.3. The molecule has 2 saturated carbocycles. The zero-order valence-corrected chi connectivity index (χ0v) is 12.9. The van der Waals surface area contributed by atoms with Gasteiger partial charge in [0, 0.05) is 19.7 Å². The van der Waals surface area contributed by atoms with Gasteiger partial charge in [0.25, 0.3) is 0 Å². The minimum Gasteiger partial charge on any atom is -0.400 e. The third-order valence-electron chi connectivity index (χ3n) is 5.26. The quantitative estimate of drug-likeness (QED) is 0.822. The van der Waals surface area contributed by atoms with Gasteiger partial charge in [-0.05, 0) is 37.5 Å². The lowest BCUT2D eigenvalue weighted by Crippen LogP contribution is -2.43. The van der Waals surface area contributed by atoms with Crippen LogP contribution in [0.1, 0.15) is 44.9 Å². The molecule has 0 bridgehead atoms. The molecule has 0 aromatic rings. The van der Waals surface area contributed by atoms with Crippen LogP contribution in [0, 0.1) is 23.2 Å². The van der Waals surface area contributed by atoms with Crippen molar-refractivity contribution in [2.75, 3.05) is 20.2 Å². The summed E-state index contributed by atoms with van der Waals surface area (Å²) >= 11 is 0. The zero-order valence-electron chi connectivity index (χ0n) is 12.9. The standard InChI is InChI=1S/C15H23N3O.CH4O/c16-9-14-5-2-6-18(14)15(19)10-17-13-7-11-3-1-4-12(11)8-13;1-2/h11-14,17H,1-8,10H2;2H,1H3/t11-,12+,13?,14?;. The van der Waals surface area contributed by atoms with Crippen molar-refractivity contribution >= 4 is 5.91 Å². The number of nitrogens with zero attached hydrogens (tertiary/aromatic N) is 2. The Hall–Kier alpha value is -1.12. The first kappa shape index (κ1) is 16.3. The van der Waals surface area contributed by atoms with Crippen LogP contribution in [0.15, 0.2) is 0 Å². The van der Waals surface area contributed by atoms with E-state index in [1.165, 1.54) is 32.1 Å². The maximum Gasteiger partial charge on any atom is 0.237 e. The predicted molar refractivity (Wildman–Crippen MR) is 80.3 cm³/mol. The number of nitrogens with one attached hydrogen (secondary N) is 1.